The minimum Gasteiger partial charge on any atom is -0.278 e. The average molecular weight is 173 g/mol. The average Bonchev–Trinajstić information content (AvgIpc) is 2.19. The second-order valence-electron chi connectivity index (χ2n) is 2.72. The van der Waals surface area contributed by atoms with Gasteiger partial charge in [0.25, 0.3) is 5.56 Å². The molecule has 0 aliphatic rings. The highest BCUT2D eigenvalue weighted by molar-refractivity contribution is 5.82. The number of nitrogens with zero attached hydrogens (tertiary/aromatic N) is 1. The van der Waals surface area contributed by atoms with Gasteiger partial charge in [0.05, 0.1) is 0 Å². The first-order chi connectivity index (χ1) is 6.33. The molecular weight excluding hydrogens is 166 g/mol. The van der Waals surface area contributed by atoms with E-state index in [0.717, 1.165) is 9.95 Å². The summed E-state index contributed by atoms with van der Waals surface area (Å²) in [5.74, 6) is 0. The van der Waals surface area contributed by atoms with Gasteiger partial charge in [-0.3, -0.25) is 14.2 Å². The standard InChI is InChI=1S/C10H7NO2/c12-7-11-6-5-8-3-1-2-4-9(8)10(11)13/h1-7H. The van der Waals surface area contributed by atoms with Gasteiger partial charge in [-0.05, 0) is 17.5 Å². The third-order valence-corrected chi connectivity index (χ3v) is 1.95. The molecule has 0 aliphatic carbocycles. The summed E-state index contributed by atoms with van der Waals surface area (Å²) in [6.07, 6.45) is 1.98. The van der Waals surface area contributed by atoms with Gasteiger partial charge in [0.2, 0.25) is 6.41 Å². The van der Waals surface area contributed by atoms with Gasteiger partial charge < -0.3 is 0 Å². The largest absolute Gasteiger partial charge is 0.278 e. The lowest BCUT2D eigenvalue weighted by molar-refractivity contribution is 0.546. The van der Waals surface area contributed by atoms with Gasteiger partial charge in [-0.2, -0.15) is 0 Å². The Bertz CT molecular complexity index is 514. The molecule has 1 aromatic carbocycles. The van der Waals surface area contributed by atoms with Crippen LogP contribution in [0.1, 0.15) is 0 Å². The predicted molar refractivity (Wildman–Crippen MR) is 50.4 cm³/mol. The van der Waals surface area contributed by atoms with E-state index in [0.29, 0.717) is 11.8 Å². The molecule has 3 nitrogen and oxygen atoms in total. The van der Waals surface area contributed by atoms with Crippen LogP contribution in [-0.4, -0.2) is 11.0 Å². The van der Waals surface area contributed by atoms with Crippen LogP contribution in [0.2, 0.25) is 0 Å². The van der Waals surface area contributed by atoms with E-state index in [-0.39, 0.29) is 5.56 Å². The highest BCUT2D eigenvalue weighted by Crippen LogP contribution is 2.06. The molecule has 13 heavy (non-hydrogen) atoms. The van der Waals surface area contributed by atoms with Crippen LogP contribution in [0.3, 0.4) is 0 Å². The highest BCUT2D eigenvalue weighted by atomic mass is 16.2. The molecule has 0 atom stereocenters. The van der Waals surface area contributed by atoms with Crippen LogP contribution in [0.5, 0.6) is 0 Å². The number of carbonyl (C=O) groups is 1. The summed E-state index contributed by atoms with van der Waals surface area (Å²) in [6, 6.07) is 8.92. The first-order valence-corrected chi connectivity index (χ1v) is 3.88. The zero-order valence-electron chi connectivity index (χ0n) is 6.81. The van der Waals surface area contributed by atoms with Crippen molar-refractivity contribution in [3.63, 3.8) is 0 Å². The van der Waals surface area contributed by atoms with Crippen molar-refractivity contribution in [3.8, 4) is 0 Å². The number of aromatic nitrogens is 1. The third-order valence-electron chi connectivity index (χ3n) is 1.95. The van der Waals surface area contributed by atoms with Crippen molar-refractivity contribution in [1.29, 1.82) is 0 Å². The van der Waals surface area contributed by atoms with Crippen molar-refractivity contribution in [2.45, 2.75) is 0 Å². The predicted octanol–water partition coefficient (Wildman–Crippen LogP) is 1.04. The quantitative estimate of drug-likeness (QED) is 0.604. The summed E-state index contributed by atoms with van der Waals surface area (Å²) >= 11 is 0. The monoisotopic (exact) mass is 173 g/mol. The summed E-state index contributed by atoms with van der Waals surface area (Å²) in [5.41, 5.74) is -0.270. The lowest BCUT2D eigenvalue weighted by atomic mass is 10.2. The summed E-state index contributed by atoms with van der Waals surface area (Å²) in [5, 5.41) is 1.42. The SMILES string of the molecule is O=Cn1ccc2ccccc2c1=O. The van der Waals surface area contributed by atoms with Crippen LogP contribution < -0.4 is 5.56 Å². The third kappa shape index (κ3) is 1.14. The van der Waals surface area contributed by atoms with E-state index in [1.54, 1.807) is 18.2 Å². The molecule has 0 N–H and O–H groups in total. The number of pyridine rings is 1. The lowest BCUT2D eigenvalue weighted by Crippen LogP contribution is -2.18. The first kappa shape index (κ1) is 7.73. The summed E-state index contributed by atoms with van der Waals surface area (Å²) in [7, 11) is 0. The van der Waals surface area contributed by atoms with Crippen LogP contribution in [-0.2, 0) is 4.79 Å². The highest BCUT2D eigenvalue weighted by Gasteiger charge is 1.99. The van der Waals surface area contributed by atoms with Gasteiger partial charge in [0, 0.05) is 11.6 Å². The molecule has 0 amide bonds. The van der Waals surface area contributed by atoms with Crippen molar-refractivity contribution in [2.24, 2.45) is 0 Å². The summed E-state index contributed by atoms with van der Waals surface area (Å²) < 4.78 is 1.03. The van der Waals surface area contributed by atoms with E-state index >= 15 is 0 Å². The van der Waals surface area contributed by atoms with E-state index in [1.165, 1.54) is 6.20 Å². The smallest absolute Gasteiger partial charge is 0.264 e. The number of rotatable bonds is 1. The maximum Gasteiger partial charge on any atom is 0.264 e. The van der Waals surface area contributed by atoms with Crippen molar-refractivity contribution in [2.75, 3.05) is 0 Å². The van der Waals surface area contributed by atoms with Gasteiger partial charge in [0.15, 0.2) is 0 Å². The Hall–Kier alpha value is -1.90. The summed E-state index contributed by atoms with van der Waals surface area (Å²) in [4.78, 5) is 21.9. The number of hydrogen-bond donors (Lipinski definition) is 0. The van der Waals surface area contributed by atoms with E-state index in [2.05, 4.69) is 0 Å². The second-order valence-corrected chi connectivity index (χ2v) is 2.72. The van der Waals surface area contributed by atoms with E-state index in [9.17, 15) is 9.59 Å². The Labute approximate surface area is 74.2 Å². The molecular formula is C10H7NO2. The van der Waals surface area contributed by atoms with Gasteiger partial charge in [-0.25, -0.2) is 0 Å². The van der Waals surface area contributed by atoms with Gasteiger partial charge in [0.1, 0.15) is 0 Å². The van der Waals surface area contributed by atoms with E-state index < -0.39 is 0 Å². The first-order valence-electron chi connectivity index (χ1n) is 3.88. The molecule has 0 aliphatic heterocycles. The molecule has 3 heteroatoms. The normalized spacial score (nSPS) is 10.2. The second kappa shape index (κ2) is 2.86. The van der Waals surface area contributed by atoms with Crippen LogP contribution in [0.15, 0.2) is 41.3 Å². The molecule has 2 rings (SSSR count). The van der Waals surface area contributed by atoms with Crippen molar-refractivity contribution < 1.29 is 4.79 Å². The molecule has 1 aromatic heterocycles. The lowest BCUT2D eigenvalue weighted by Gasteiger charge is -1.98. The summed E-state index contributed by atoms with van der Waals surface area (Å²) in [6.45, 7) is 0. The van der Waals surface area contributed by atoms with Gasteiger partial charge >= 0.3 is 0 Å². The zero-order valence-corrected chi connectivity index (χ0v) is 6.81. The van der Waals surface area contributed by atoms with Crippen LogP contribution in [0.4, 0.5) is 0 Å². The molecule has 64 valence electrons. The molecule has 0 radical (unpaired) electrons. The molecule has 0 saturated carbocycles. The minimum atomic E-state index is -0.270. The van der Waals surface area contributed by atoms with Gasteiger partial charge in [-0.1, -0.05) is 18.2 Å². The van der Waals surface area contributed by atoms with Crippen LogP contribution in [0.25, 0.3) is 10.8 Å². The number of carbonyl (C=O) groups excluding carboxylic acids is 1. The zero-order chi connectivity index (χ0) is 9.26. The Morgan fingerprint density at radius 1 is 1.15 bits per heavy atom. The van der Waals surface area contributed by atoms with E-state index in [4.69, 9.17) is 0 Å². The molecule has 0 fully saturated rings. The Balaban J connectivity index is 2.95. The molecule has 0 unspecified atom stereocenters. The van der Waals surface area contributed by atoms with Crippen LogP contribution >= 0.6 is 0 Å². The van der Waals surface area contributed by atoms with Crippen LogP contribution in [0, 0.1) is 0 Å². The molecule has 2 aromatic rings. The van der Waals surface area contributed by atoms with Gasteiger partial charge in [-0.15, -0.1) is 0 Å². The fraction of sp³-hybridized carbons (Fsp3) is 0. The number of hydrogen-bond acceptors (Lipinski definition) is 2. The number of benzene rings is 1. The van der Waals surface area contributed by atoms with Crippen molar-refractivity contribution in [3.05, 3.63) is 46.9 Å². The molecule has 1 heterocycles. The Morgan fingerprint density at radius 2 is 1.92 bits per heavy atom. The van der Waals surface area contributed by atoms with Crippen molar-refractivity contribution in [1.82, 2.24) is 4.57 Å². The Kier molecular flexibility index (Phi) is 1.70. The van der Waals surface area contributed by atoms with Crippen molar-refractivity contribution >= 4 is 17.2 Å². The fourth-order valence-electron chi connectivity index (χ4n) is 1.29. The fourth-order valence-corrected chi connectivity index (χ4v) is 1.29. The maximum absolute atomic E-state index is 11.5. The minimum absolute atomic E-state index is 0.270. The molecule has 0 bridgehead atoms. The Morgan fingerprint density at radius 3 is 2.69 bits per heavy atom. The number of fused-ring (bicyclic) bond motifs is 1. The molecule has 0 saturated heterocycles. The topological polar surface area (TPSA) is 39.1 Å². The maximum atomic E-state index is 11.5. The molecule has 0 spiro atoms. The van der Waals surface area contributed by atoms with E-state index in [1.807, 2.05) is 12.1 Å².